The summed E-state index contributed by atoms with van der Waals surface area (Å²) >= 11 is 0. The number of benzene rings is 1. The second-order valence-electron chi connectivity index (χ2n) is 5.48. The quantitative estimate of drug-likeness (QED) is 0.747. The molecule has 0 radical (unpaired) electrons. The fraction of sp³-hybridized carbons (Fsp3) is 0.167. The van der Waals surface area contributed by atoms with Gasteiger partial charge < -0.3 is 15.2 Å². The molecule has 24 heavy (non-hydrogen) atoms. The molecule has 0 aliphatic heterocycles. The number of carbonyl (C=O) groups is 1. The molecule has 1 atom stereocenters. The molecule has 2 heterocycles. The number of nitrogens with zero attached hydrogens (tertiary/aromatic N) is 2. The monoisotopic (exact) mass is 322 g/mol. The summed E-state index contributed by atoms with van der Waals surface area (Å²) in [5, 5.41) is 9.77. The number of pyridine rings is 1. The minimum absolute atomic E-state index is 0.114. The minimum Gasteiger partial charge on any atom is -0.378 e. The number of nitrogens with one attached hydrogen (secondary N) is 2. The third-order valence-corrected chi connectivity index (χ3v) is 3.54. The van der Waals surface area contributed by atoms with Gasteiger partial charge in [-0.25, -0.2) is 0 Å². The average Bonchev–Trinajstić information content (AvgIpc) is 3.00. The number of aromatic nitrogens is 2. The van der Waals surface area contributed by atoms with Crippen molar-refractivity contribution in [2.45, 2.75) is 19.9 Å². The fourth-order valence-electron chi connectivity index (χ4n) is 2.33. The third-order valence-electron chi connectivity index (χ3n) is 3.54. The van der Waals surface area contributed by atoms with Gasteiger partial charge in [0.15, 0.2) is 5.82 Å². The Bertz CT molecular complexity index is 830. The summed E-state index contributed by atoms with van der Waals surface area (Å²) in [5.74, 6) is 0.667. The van der Waals surface area contributed by atoms with Gasteiger partial charge in [-0.2, -0.15) is 0 Å². The summed E-state index contributed by atoms with van der Waals surface area (Å²) in [6, 6.07) is 15.4. The van der Waals surface area contributed by atoms with Crippen LogP contribution in [0.1, 0.15) is 34.8 Å². The summed E-state index contributed by atoms with van der Waals surface area (Å²) in [6.45, 7) is 3.82. The molecular formula is C18H18N4O2. The first-order valence-corrected chi connectivity index (χ1v) is 7.64. The van der Waals surface area contributed by atoms with Crippen molar-refractivity contribution in [3.05, 3.63) is 71.7 Å². The highest BCUT2D eigenvalue weighted by molar-refractivity contribution is 6.02. The van der Waals surface area contributed by atoms with Crippen molar-refractivity contribution >= 4 is 17.4 Å². The van der Waals surface area contributed by atoms with Crippen LogP contribution in [0.15, 0.2) is 59.3 Å². The number of hydrogen-bond donors (Lipinski definition) is 2. The van der Waals surface area contributed by atoms with Crippen LogP contribution in [-0.2, 0) is 0 Å². The van der Waals surface area contributed by atoms with Crippen LogP contribution >= 0.6 is 0 Å². The number of hydrogen-bond acceptors (Lipinski definition) is 5. The standard InChI is InChI=1S/C18H18N4O2/c1-12-10-17(22-24-12)21-18(23)16-11-15(8-9-19-16)20-13(2)14-6-4-3-5-7-14/h3-11,13H,1-2H3,(H,19,20)(H,21,22,23). The van der Waals surface area contributed by atoms with Gasteiger partial charge in [0.05, 0.1) is 0 Å². The van der Waals surface area contributed by atoms with Crippen molar-refractivity contribution in [2.24, 2.45) is 0 Å². The number of amides is 1. The molecule has 0 saturated carbocycles. The zero-order chi connectivity index (χ0) is 16.9. The maximum absolute atomic E-state index is 12.2. The van der Waals surface area contributed by atoms with E-state index in [1.165, 1.54) is 5.56 Å². The molecular weight excluding hydrogens is 304 g/mol. The van der Waals surface area contributed by atoms with E-state index >= 15 is 0 Å². The SMILES string of the molecule is Cc1cc(NC(=O)c2cc(NC(C)c3ccccc3)ccn2)no1. The maximum Gasteiger partial charge on any atom is 0.275 e. The second kappa shape index (κ2) is 6.95. The summed E-state index contributed by atoms with van der Waals surface area (Å²) in [4.78, 5) is 16.4. The zero-order valence-electron chi connectivity index (χ0n) is 13.5. The normalized spacial score (nSPS) is 11.8. The molecule has 6 nitrogen and oxygen atoms in total. The van der Waals surface area contributed by atoms with Gasteiger partial charge in [-0.3, -0.25) is 9.78 Å². The molecule has 0 aliphatic carbocycles. The molecule has 0 fully saturated rings. The van der Waals surface area contributed by atoms with Crippen molar-refractivity contribution in [1.29, 1.82) is 0 Å². The van der Waals surface area contributed by atoms with Crippen LogP contribution in [0.3, 0.4) is 0 Å². The molecule has 3 aromatic rings. The van der Waals surface area contributed by atoms with Crippen LogP contribution in [0.4, 0.5) is 11.5 Å². The molecule has 0 spiro atoms. The first kappa shape index (κ1) is 15.7. The Morgan fingerprint density at radius 2 is 1.96 bits per heavy atom. The van der Waals surface area contributed by atoms with Crippen LogP contribution < -0.4 is 10.6 Å². The van der Waals surface area contributed by atoms with E-state index in [0.717, 1.165) is 5.69 Å². The highest BCUT2D eigenvalue weighted by atomic mass is 16.5. The van der Waals surface area contributed by atoms with E-state index in [0.29, 0.717) is 17.3 Å². The Balaban J connectivity index is 1.70. The van der Waals surface area contributed by atoms with Crippen molar-refractivity contribution in [3.8, 4) is 0 Å². The zero-order valence-corrected chi connectivity index (χ0v) is 13.5. The van der Waals surface area contributed by atoms with Gasteiger partial charge in [0, 0.05) is 24.0 Å². The minimum atomic E-state index is -0.334. The maximum atomic E-state index is 12.2. The smallest absolute Gasteiger partial charge is 0.275 e. The van der Waals surface area contributed by atoms with E-state index in [9.17, 15) is 4.79 Å². The molecule has 0 bridgehead atoms. The van der Waals surface area contributed by atoms with Gasteiger partial charge in [-0.15, -0.1) is 0 Å². The molecule has 0 aliphatic rings. The van der Waals surface area contributed by atoms with Gasteiger partial charge in [-0.05, 0) is 31.5 Å². The van der Waals surface area contributed by atoms with Crippen LogP contribution in [0, 0.1) is 6.92 Å². The lowest BCUT2D eigenvalue weighted by molar-refractivity contribution is 0.102. The molecule has 0 saturated heterocycles. The van der Waals surface area contributed by atoms with Gasteiger partial charge >= 0.3 is 0 Å². The molecule has 2 aromatic heterocycles. The van der Waals surface area contributed by atoms with Crippen molar-refractivity contribution in [2.75, 3.05) is 10.6 Å². The number of carbonyl (C=O) groups excluding carboxylic acids is 1. The first-order chi connectivity index (χ1) is 11.6. The molecule has 2 N–H and O–H groups in total. The predicted octanol–water partition coefficient (Wildman–Crippen LogP) is 3.80. The van der Waals surface area contributed by atoms with Crippen LogP contribution in [0.2, 0.25) is 0 Å². The molecule has 6 heteroatoms. The number of aryl methyl sites for hydroxylation is 1. The van der Waals surface area contributed by atoms with E-state index in [1.54, 1.807) is 25.3 Å². The topological polar surface area (TPSA) is 80.0 Å². The Kier molecular flexibility index (Phi) is 4.56. The number of rotatable bonds is 5. The molecule has 3 rings (SSSR count). The molecule has 1 aromatic carbocycles. The Morgan fingerprint density at radius 1 is 1.17 bits per heavy atom. The second-order valence-corrected chi connectivity index (χ2v) is 5.48. The van der Waals surface area contributed by atoms with E-state index < -0.39 is 0 Å². The van der Waals surface area contributed by atoms with Gasteiger partial charge in [0.1, 0.15) is 11.5 Å². The summed E-state index contributed by atoms with van der Waals surface area (Å²) < 4.78 is 4.93. The Hall–Kier alpha value is -3.15. The Morgan fingerprint density at radius 3 is 2.67 bits per heavy atom. The highest BCUT2D eigenvalue weighted by Gasteiger charge is 2.12. The lowest BCUT2D eigenvalue weighted by Gasteiger charge is -2.16. The predicted molar refractivity (Wildman–Crippen MR) is 91.9 cm³/mol. The van der Waals surface area contributed by atoms with Crippen LogP contribution in [-0.4, -0.2) is 16.0 Å². The lowest BCUT2D eigenvalue weighted by Crippen LogP contribution is -2.14. The van der Waals surface area contributed by atoms with Gasteiger partial charge in [-0.1, -0.05) is 35.5 Å². The van der Waals surface area contributed by atoms with E-state index in [-0.39, 0.29) is 11.9 Å². The van der Waals surface area contributed by atoms with Crippen molar-refractivity contribution < 1.29 is 9.32 Å². The fourth-order valence-corrected chi connectivity index (χ4v) is 2.33. The van der Waals surface area contributed by atoms with E-state index in [2.05, 4.69) is 39.8 Å². The third kappa shape index (κ3) is 3.78. The summed E-state index contributed by atoms with van der Waals surface area (Å²) in [7, 11) is 0. The van der Waals surface area contributed by atoms with E-state index in [4.69, 9.17) is 4.52 Å². The molecule has 1 unspecified atom stereocenters. The first-order valence-electron chi connectivity index (χ1n) is 7.64. The van der Waals surface area contributed by atoms with Gasteiger partial charge in [0.25, 0.3) is 5.91 Å². The number of anilines is 2. The lowest BCUT2D eigenvalue weighted by atomic mass is 10.1. The van der Waals surface area contributed by atoms with Crippen LogP contribution in [0.25, 0.3) is 0 Å². The highest BCUT2D eigenvalue weighted by Crippen LogP contribution is 2.19. The molecule has 122 valence electrons. The van der Waals surface area contributed by atoms with Gasteiger partial charge in [0.2, 0.25) is 0 Å². The molecule has 1 amide bonds. The summed E-state index contributed by atoms with van der Waals surface area (Å²) in [6.07, 6.45) is 1.60. The summed E-state index contributed by atoms with van der Waals surface area (Å²) in [5.41, 5.74) is 2.29. The Labute approximate surface area is 139 Å². The largest absolute Gasteiger partial charge is 0.378 e. The average molecular weight is 322 g/mol. The van der Waals surface area contributed by atoms with Crippen molar-refractivity contribution in [1.82, 2.24) is 10.1 Å². The van der Waals surface area contributed by atoms with E-state index in [1.807, 2.05) is 24.3 Å². The van der Waals surface area contributed by atoms with Crippen LogP contribution in [0.5, 0.6) is 0 Å². The van der Waals surface area contributed by atoms with Crippen molar-refractivity contribution in [3.63, 3.8) is 0 Å².